The maximum absolute atomic E-state index is 11.7. The fraction of sp³-hybridized carbons (Fsp3) is 0.391. The quantitative estimate of drug-likeness (QED) is 0.317. The van der Waals surface area contributed by atoms with Gasteiger partial charge in [0.05, 0.1) is 17.0 Å². The van der Waals surface area contributed by atoms with E-state index in [9.17, 15) is 19.8 Å². The number of hydrogen-bond acceptors (Lipinski definition) is 8. The number of nitrogens with one attached hydrogen (secondary N) is 2. The molecule has 2 saturated heterocycles. The molecule has 32 heavy (non-hydrogen) atoms. The second-order valence-electron chi connectivity index (χ2n) is 8.26. The third-order valence-electron chi connectivity index (χ3n) is 6.02. The standard InChI is InChI=1S/C23H28N4O4S/c24-18-12-15(3-6-19(18)28)20(29)13-25-16-7-9-27(10-8-16)17-4-1-14(2-5-17)11-21-22(30)26-23(31)32-21/h1-6,12,16,20-21,25,28-29H,7-11,13,24H2,(H,26,30,31). The van der Waals surface area contributed by atoms with Gasteiger partial charge in [-0.05, 0) is 54.7 Å². The topological polar surface area (TPSA) is 128 Å². The van der Waals surface area contributed by atoms with Gasteiger partial charge in [0.15, 0.2) is 0 Å². The van der Waals surface area contributed by atoms with Crippen LogP contribution in [0.1, 0.15) is 30.1 Å². The Morgan fingerprint density at radius 1 is 1.16 bits per heavy atom. The predicted molar refractivity (Wildman–Crippen MR) is 126 cm³/mol. The number of hydrogen-bond donors (Lipinski definition) is 5. The molecule has 2 aromatic rings. The van der Waals surface area contributed by atoms with Gasteiger partial charge < -0.3 is 26.2 Å². The lowest BCUT2D eigenvalue weighted by Gasteiger charge is -2.34. The average Bonchev–Trinajstić information content (AvgIpc) is 3.11. The van der Waals surface area contributed by atoms with Crippen molar-refractivity contribution in [3.05, 3.63) is 53.6 Å². The van der Waals surface area contributed by atoms with E-state index in [2.05, 4.69) is 27.7 Å². The van der Waals surface area contributed by atoms with E-state index in [4.69, 9.17) is 5.73 Å². The summed E-state index contributed by atoms with van der Waals surface area (Å²) in [7, 11) is 0. The van der Waals surface area contributed by atoms with Gasteiger partial charge in [-0.3, -0.25) is 14.9 Å². The van der Waals surface area contributed by atoms with Gasteiger partial charge in [0.25, 0.3) is 5.24 Å². The van der Waals surface area contributed by atoms with Gasteiger partial charge in [-0.2, -0.15) is 0 Å². The summed E-state index contributed by atoms with van der Waals surface area (Å²) in [4.78, 5) is 25.4. The van der Waals surface area contributed by atoms with E-state index in [1.54, 1.807) is 12.1 Å². The lowest BCUT2D eigenvalue weighted by molar-refractivity contribution is -0.118. The molecular weight excluding hydrogens is 428 g/mol. The van der Waals surface area contributed by atoms with Crippen LogP contribution < -0.4 is 21.3 Å². The number of benzene rings is 2. The van der Waals surface area contributed by atoms with Crippen LogP contribution in [0.3, 0.4) is 0 Å². The zero-order valence-corrected chi connectivity index (χ0v) is 18.5. The number of carbonyl (C=O) groups excluding carboxylic acids is 2. The van der Waals surface area contributed by atoms with Crippen molar-refractivity contribution in [3.63, 3.8) is 0 Å². The number of nitrogens with zero attached hydrogens (tertiary/aromatic N) is 1. The van der Waals surface area contributed by atoms with Crippen molar-refractivity contribution in [1.82, 2.24) is 10.6 Å². The maximum atomic E-state index is 11.7. The normalized spacial score (nSPS) is 20.4. The Bertz CT molecular complexity index is 976. The van der Waals surface area contributed by atoms with E-state index in [0.29, 0.717) is 24.6 Å². The fourth-order valence-electron chi connectivity index (χ4n) is 4.10. The van der Waals surface area contributed by atoms with Crippen LogP contribution in [-0.2, 0) is 11.2 Å². The summed E-state index contributed by atoms with van der Waals surface area (Å²) in [5.74, 6) is -0.190. The van der Waals surface area contributed by atoms with Gasteiger partial charge in [0, 0.05) is 31.4 Å². The van der Waals surface area contributed by atoms with Crippen molar-refractivity contribution in [2.24, 2.45) is 0 Å². The van der Waals surface area contributed by atoms with Gasteiger partial charge in [0.2, 0.25) is 5.91 Å². The van der Waals surface area contributed by atoms with Gasteiger partial charge >= 0.3 is 0 Å². The van der Waals surface area contributed by atoms with Crippen LogP contribution in [0.4, 0.5) is 16.2 Å². The number of aromatic hydroxyl groups is 1. The zero-order chi connectivity index (χ0) is 22.7. The van der Waals surface area contributed by atoms with E-state index in [1.165, 1.54) is 6.07 Å². The summed E-state index contributed by atoms with van der Waals surface area (Å²) in [6, 6.07) is 13.3. The number of phenols is 1. The molecule has 0 aliphatic carbocycles. The Morgan fingerprint density at radius 3 is 2.50 bits per heavy atom. The Hall–Kier alpha value is -2.75. The summed E-state index contributed by atoms with van der Waals surface area (Å²) in [6.07, 6.45) is 1.79. The molecule has 2 amide bonds. The molecule has 2 fully saturated rings. The number of aliphatic hydroxyl groups excluding tert-OH is 1. The minimum absolute atomic E-state index is 0.0207. The molecule has 0 radical (unpaired) electrons. The number of amides is 2. The number of nitrogens with two attached hydrogens (primary N) is 1. The number of piperidine rings is 1. The molecule has 2 heterocycles. The molecule has 0 saturated carbocycles. The molecule has 9 heteroatoms. The number of imide groups is 1. The highest BCUT2D eigenvalue weighted by Gasteiger charge is 2.31. The van der Waals surface area contributed by atoms with Crippen molar-refractivity contribution in [2.75, 3.05) is 30.3 Å². The van der Waals surface area contributed by atoms with E-state index < -0.39 is 6.10 Å². The van der Waals surface area contributed by atoms with Crippen LogP contribution in [0.15, 0.2) is 42.5 Å². The first-order chi connectivity index (χ1) is 15.4. The first-order valence-electron chi connectivity index (χ1n) is 10.7. The summed E-state index contributed by atoms with van der Waals surface area (Å²) in [6.45, 7) is 2.25. The summed E-state index contributed by atoms with van der Waals surface area (Å²) in [5.41, 5.74) is 8.84. The summed E-state index contributed by atoms with van der Waals surface area (Å²) in [5, 5.41) is 25.1. The summed E-state index contributed by atoms with van der Waals surface area (Å²) < 4.78 is 0. The number of anilines is 2. The third kappa shape index (κ3) is 5.35. The minimum atomic E-state index is -0.682. The minimum Gasteiger partial charge on any atom is -0.506 e. The van der Waals surface area contributed by atoms with Crippen molar-refractivity contribution >= 4 is 34.3 Å². The molecular formula is C23H28N4O4S. The largest absolute Gasteiger partial charge is 0.506 e. The van der Waals surface area contributed by atoms with E-state index in [1.807, 2.05) is 12.1 Å². The van der Waals surface area contributed by atoms with Crippen LogP contribution in [0.25, 0.3) is 0 Å². The number of nitrogen functional groups attached to an aromatic ring is 1. The first-order valence-corrected chi connectivity index (χ1v) is 11.6. The number of thioether (sulfide) groups is 1. The van der Waals surface area contributed by atoms with Gasteiger partial charge in [-0.1, -0.05) is 30.0 Å². The number of aliphatic hydroxyl groups is 1. The van der Waals surface area contributed by atoms with Crippen LogP contribution >= 0.6 is 11.8 Å². The second-order valence-corrected chi connectivity index (χ2v) is 9.43. The molecule has 4 rings (SSSR count). The maximum Gasteiger partial charge on any atom is 0.286 e. The SMILES string of the molecule is Nc1cc(C(O)CNC2CCN(c3ccc(CC4SC(=O)NC4=O)cc3)CC2)ccc1O. The van der Waals surface area contributed by atoms with Crippen molar-refractivity contribution in [2.45, 2.75) is 36.7 Å². The molecule has 0 aromatic heterocycles. The number of phenolic OH excluding ortho intramolecular Hbond substituents is 1. The smallest absolute Gasteiger partial charge is 0.286 e. The average molecular weight is 457 g/mol. The number of rotatable bonds is 7. The van der Waals surface area contributed by atoms with Gasteiger partial charge in [0.1, 0.15) is 5.75 Å². The molecule has 2 aromatic carbocycles. The second kappa shape index (κ2) is 9.81. The van der Waals surface area contributed by atoms with Gasteiger partial charge in [-0.25, -0.2) is 0 Å². The Labute approximate surface area is 191 Å². The van der Waals surface area contributed by atoms with Crippen molar-refractivity contribution in [1.29, 1.82) is 0 Å². The predicted octanol–water partition coefficient (Wildman–Crippen LogP) is 2.16. The first kappa shape index (κ1) is 22.4. The molecule has 2 atom stereocenters. The van der Waals surface area contributed by atoms with Gasteiger partial charge in [-0.15, -0.1) is 0 Å². The Balaban J connectivity index is 1.23. The lowest BCUT2D eigenvalue weighted by atomic mass is 10.0. The Kier molecular flexibility index (Phi) is 6.88. The van der Waals surface area contributed by atoms with Crippen LogP contribution in [0.2, 0.25) is 0 Å². The monoisotopic (exact) mass is 456 g/mol. The highest BCUT2D eigenvalue weighted by Crippen LogP contribution is 2.26. The van der Waals surface area contributed by atoms with E-state index in [-0.39, 0.29) is 27.8 Å². The van der Waals surface area contributed by atoms with Crippen molar-refractivity contribution in [3.8, 4) is 5.75 Å². The molecule has 0 bridgehead atoms. The van der Waals surface area contributed by atoms with Crippen LogP contribution in [-0.4, -0.2) is 52.3 Å². The van der Waals surface area contributed by atoms with E-state index >= 15 is 0 Å². The molecule has 0 spiro atoms. The van der Waals surface area contributed by atoms with Crippen LogP contribution in [0.5, 0.6) is 5.75 Å². The summed E-state index contributed by atoms with van der Waals surface area (Å²) >= 11 is 1.06. The Morgan fingerprint density at radius 2 is 1.88 bits per heavy atom. The molecule has 6 N–H and O–H groups in total. The lowest BCUT2D eigenvalue weighted by Crippen LogP contribution is -2.43. The highest BCUT2D eigenvalue weighted by atomic mass is 32.2. The van der Waals surface area contributed by atoms with E-state index in [0.717, 1.165) is 48.9 Å². The van der Waals surface area contributed by atoms with Crippen LogP contribution in [0, 0.1) is 0 Å². The highest BCUT2D eigenvalue weighted by molar-refractivity contribution is 8.15. The molecule has 8 nitrogen and oxygen atoms in total. The molecule has 170 valence electrons. The molecule has 2 unspecified atom stereocenters. The fourth-order valence-corrected chi connectivity index (χ4v) is 4.96. The molecule has 2 aliphatic rings. The van der Waals surface area contributed by atoms with Crippen molar-refractivity contribution < 1.29 is 19.8 Å². The zero-order valence-electron chi connectivity index (χ0n) is 17.7. The third-order valence-corrected chi connectivity index (χ3v) is 7.00. The molecule has 2 aliphatic heterocycles. The number of carbonyl (C=O) groups is 2.